The van der Waals surface area contributed by atoms with Crippen molar-refractivity contribution in [2.24, 2.45) is 0 Å². The Hall–Kier alpha value is -2.97. The van der Waals surface area contributed by atoms with Crippen molar-refractivity contribution >= 4 is 29.0 Å². The zero-order chi connectivity index (χ0) is 20.1. The van der Waals surface area contributed by atoms with Gasteiger partial charge < -0.3 is 5.32 Å². The summed E-state index contributed by atoms with van der Waals surface area (Å²) in [5, 5.41) is 13.7. The molecule has 4 aromatic rings. The summed E-state index contributed by atoms with van der Waals surface area (Å²) in [6.45, 7) is 0. The Morgan fingerprint density at radius 3 is 2.62 bits per heavy atom. The molecule has 2 aromatic heterocycles. The van der Waals surface area contributed by atoms with E-state index in [4.69, 9.17) is 0 Å². The first kappa shape index (κ1) is 19.4. The molecular formula is C21H17FN4OS2. The molecule has 0 radical (unpaired) electrons. The second-order valence-electron chi connectivity index (χ2n) is 6.18. The second-order valence-corrected chi connectivity index (χ2v) is 8.10. The third kappa shape index (κ3) is 4.72. The molecule has 0 aliphatic heterocycles. The Morgan fingerprint density at radius 2 is 1.90 bits per heavy atom. The maximum absolute atomic E-state index is 13.3. The fraction of sp³-hybridized carbons (Fsp3) is 0.0952. The number of benzene rings is 2. The molecule has 0 saturated carbocycles. The molecule has 0 saturated heterocycles. The summed E-state index contributed by atoms with van der Waals surface area (Å²) >= 11 is 2.86. The second kappa shape index (κ2) is 9.02. The molecule has 0 aliphatic rings. The predicted molar refractivity (Wildman–Crippen MR) is 113 cm³/mol. The summed E-state index contributed by atoms with van der Waals surface area (Å²) in [5.41, 5.74) is 1.77. The number of carbonyl (C=O) groups excluding carboxylic acids is 1. The number of amides is 1. The number of nitrogens with zero attached hydrogens (tertiary/aromatic N) is 3. The molecule has 0 fully saturated rings. The summed E-state index contributed by atoms with van der Waals surface area (Å²) in [5.74, 6) is -0.254. The first-order chi connectivity index (χ1) is 14.2. The van der Waals surface area contributed by atoms with E-state index in [1.807, 2.05) is 52.4 Å². The molecular weight excluding hydrogens is 407 g/mol. The molecule has 29 heavy (non-hydrogen) atoms. The van der Waals surface area contributed by atoms with Gasteiger partial charge in [0, 0.05) is 10.6 Å². The normalized spacial score (nSPS) is 11.9. The van der Waals surface area contributed by atoms with Crippen LogP contribution in [0.25, 0.3) is 5.69 Å². The summed E-state index contributed by atoms with van der Waals surface area (Å²) < 4.78 is 15.1. The Kier molecular flexibility index (Phi) is 6.02. The minimum Gasteiger partial charge on any atom is -0.344 e. The summed E-state index contributed by atoms with van der Waals surface area (Å²) in [6, 6.07) is 19.5. The van der Waals surface area contributed by atoms with E-state index in [0.29, 0.717) is 5.16 Å². The van der Waals surface area contributed by atoms with Crippen molar-refractivity contribution < 1.29 is 9.18 Å². The van der Waals surface area contributed by atoms with Crippen LogP contribution in [0.1, 0.15) is 16.5 Å². The lowest BCUT2D eigenvalue weighted by molar-refractivity contribution is -0.119. The van der Waals surface area contributed by atoms with Crippen molar-refractivity contribution in [1.82, 2.24) is 20.1 Å². The highest BCUT2D eigenvalue weighted by atomic mass is 32.2. The van der Waals surface area contributed by atoms with Gasteiger partial charge in [-0.25, -0.2) is 4.39 Å². The molecule has 146 valence electrons. The van der Waals surface area contributed by atoms with Gasteiger partial charge in [0.15, 0.2) is 5.16 Å². The molecule has 0 aliphatic carbocycles. The van der Waals surface area contributed by atoms with Gasteiger partial charge in [0.25, 0.3) is 0 Å². The minimum absolute atomic E-state index is 0.139. The van der Waals surface area contributed by atoms with Crippen molar-refractivity contribution in [1.29, 1.82) is 0 Å². The summed E-state index contributed by atoms with van der Waals surface area (Å²) in [4.78, 5) is 13.7. The van der Waals surface area contributed by atoms with E-state index < -0.39 is 0 Å². The van der Waals surface area contributed by atoms with E-state index in [-0.39, 0.29) is 23.5 Å². The lowest BCUT2D eigenvalue weighted by Crippen LogP contribution is -2.30. The van der Waals surface area contributed by atoms with Crippen LogP contribution in [0.2, 0.25) is 0 Å². The monoisotopic (exact) mass is 424 g/mol. The topological polar surface area (TPSA) is 59.8 Å². The SMILES string of the molecule is O=C(CSc1nncn1-c1ccccc1)N[C@@H](c1ccc(F)cc1)c1cccs1. The molecule has 8 heteroatoms. The molecule has 5 nitrogen and oxygen atoms in total. The van der Waals surface area contributed by atoms with Crippen molar-refractivity contribution in [3.8, 4) is 5.69 Å². The molecule has 4 rings (SSSR count). The number of nitrogens with one attached hydrogen (secondary N) is 1. The zero-order valence-corrected chi connectivity index (χ0v) is 16.9. The zero-order valence-electron chi connectivity index (χ0n) is 15.2. The van der Waals surface area contributed by atoms with Gasteiger partial charge in [-0.2, -0.15) is 0 Å². The summed E-state index contributed by atoms with van der Waals surface area (Å²) in [7, 11) is 0. The molecule has 2 heterocycles. The highest BCUT2D eigenvalue weighted by Gasteiger charge is 2.19. The number of aromatic nitrogens is 3. The van der Waals surface area contributed by atoms with Crippen molar-refractivity contribution in [2.45, 2.75) is 11.2 Å². The highest BCUT2D eigenvalue weighted by molar-refractivity contribution is 7.99. The molecule has 0 spiro atoms. The quantitative estimate of drug-likeness (QED) is 0.445. The lowest BCUT2D eigenvalue weighted by atomic mass is 10.1. The van der Waals surface area contributed by atoms with Gasteiger partial charge in [-0.1, -0.05) is 48.2 Å². The van der Waals surface area contributed by atoms with Crippen LogP contribution >= 0.6 is 23.1 Å². The maximum Gasteiger partial charge on any atom is 0.231 e. The van der Waals surface area contributed by atoms with Gasteiger partial charge in [0.05, 0.1) is 11.8 Å². The molecule has 1 amide bonds. The number of hydrogen-bond donors (Lipinski definition) is 1. The van der Waals surface area contributed by atoms with Gasteiger partial charge in [-0.3, -0.25) is 9.36 Å². The number of rotatable bonds is 7. The van der Waals surface area contributed by atoms with Crippen molar-refractivity contribution in [3.05, 3.63) is 94.7 Å². The van der Waals surface area contributed by atoms with E-state index in [9.17, 15) is 9.18 Å². The molecule has 1 atom stereocenters. The number of para-hydroxylation sites is 1. The fourth-order valence-corrected chi connectivity index (χ4v) is 4.39. The fourth-order valence-electron chi connectivity index (χ4n) is 2.85. The van der Waals surface area contributed by atoms with E-state index in [2.05, 4.69) is 15.5 Å². The highest BCUT2D eigenvalue weighted by Crippen LogP contribution is 2.27. The Labute approximate surface area is 175 Å². The van der Waals surface area contributed by atoms with Crippen molar-refractivity contribution in [2.75, 3.05) is 5.75 Å². The molecule has 2 aromatic carbocycles. The number of hydrogen-bond acceptors (Lipinski definition) is 5. The standard InChI is InChI=1S/C21H17FN4OS2/c22-16-10-8-15(9-11-16)20(18-7-4-12-28-18)24-19(27)13-29-21-25-23-14-26(21)17-5-2-1-3-6-17/h1-12,14,20H,13H2,(H,24,27)/t20-/m0/s1. The average molecular weight is 425 g/mol. The molecule has 1 N–H and O–H groups in total. The van der Waals surface area contributed by atoms with Crippen LogP contribution in [0.5, 0.6) is 0 Å². The van der Waals surface area contributed by atoms with Crippen LogP contribution in [0.3, 0.4) is 0 Å². The predicted octanol–water partition coefficient (Wildman–Crippen LogP) is 4.47. The Morgan fingerprint density at radius 1 is 1.10 bits per heavy atom. The Bertz CT molecular complexity index is 1070. The minimum atomic E-state index is -0.323. The third-order valence-electron chi connectivity index (χ3n) is 4.22. The first-order valence-corrected chi connectivity index (χ1v) is 10.7. The smallest absolute Gasteiger partial charge is 0.231 e. The number of thiophene rings is 1. The summed E-state index contributed by atoms with van der Waals surface area (Å²) in [6.07, 6.45) is 1.63. The van der Waals surface area contributed by atoms with Gasteiger partial charge >= 0.3 is 0 Å². The van der Waals surface area contributed by atoms with Crippen LogP contribution in [0.4, 0.5) is 4.39 Å². The maximum atomic E-state index is 13.3. The average Bonchev–Trinajstić information content (AvgIpc) is 3.44. The number of carbonyl (C=O) groups is 1. The van der Waals surface area contributed by atoms with E-state index in [1.165, 1.54) is 23.9 Å². The van der Waals surface area contributed by atoms with E-state index >= 15 is 0 Å². The van der Waals surface area contributed by atoms with Crippen LogP contribution in [-0.4, -0.2) is 26.4 Å². The van der Waals surface area contributed by atoms with Crippen LogP contribution in [0.15, 0.2) is 83.6 Å². The first-order valence-electron chi connectivity index (χ1n) is 8.87. The van der Waals surface area contributed by atoms with Gasteiger partial charge in [-0.15, -0.1) is 21.5 Å². The number of halogens is 1. The lowest BCUT2D eigenvalue weighted by Gasteiger charge is -2.18. The molecule has 0 bridgehead atoms. The van der Waals surface area contributed by atoms with Crippen molar-refractivity contribution in [3.63, 3.8) is 0 Å². The van der Waals surface area contributed by atoms with Gasteiger partial charge in [0.1, 0.15) is 12.1 Å². The van der Waals surface area contributed by atoms with Gasteiger partial charge in [-0.05, 0) is 41.3 Å². The van der Waals surface area contributed by atoms with Gasteiger partial charge in [0.2, 0.25) is 5.91 Å². The van der Waals surface area contributed by atoms with Crippen LogP contribution < -0.4 is 5.32 Å². The van der Waals surface area contributed by atoms with Crippen LogP contribution in [-0.2, 0) is 4.79 Å². The largest absolute Gasteiger partial charge is 0.344 e. The van der Waals surface area contributed by atoms with Crippen LogP contribution in [0, 0.1) is 5.82 Å². The van der Waals surface area contributed by atoms with E-state index in [0.717, 1.165) is 16.1 Å². The van der Waals surface area contributed by atoms with E-state index in [1.54, 1.807) is 29.8 Å². The molecule has 0 unspecified atom stereocenters. The number of thioether (sulfide) groups is 1. The third-order valence-corrected chi connectivity index (χ3v) is 6.10. The Balaban J connectivity index is 1.46.